The lowest BCUT2D eigenvalue weighted by atomic mass is 10.1. The summed E-state index contributed by atoms with van der Waals surface area (Å²) in [5, 5.41) is 0.682. The third-order valence-electron chi connectivity index (χ3n) is 6.12. The number of benzene rings is 1. The molecule has 2 aromatic heterocycles. The van der Waals surface area contributed by atoms with E-state index in [0.29, 0.717) is 17.2 Å². The standard InChI is InChI=1S/C21H24N6O2/c28-20-19(22-7-8-23-20)26-11-9-25(10-12-26)16-5-6-17-18(13-16)24-14-27(21(17)29)15-3-1-2-4-15/h5-8,13-15H,1-4,9-12H2,(H,23,28). The Bertz CT molecular complexity index is 1140. The van der Waals surface area contributed by atoms with Crippen LogP contribution in [0.2, 0.25) is 0 Å². The van der Waals surface area contributed by atoms with E-state index < -0.39 is 0 Å². The van der Waals surface area contributed by atoms with Gasteiger partial charge in [-0.1, -0.05) is 12.8 Å². The van der Waals surface area contributed by atoms with E-state index in [1.165, 1.54) is 12.8 Å². The quantitative estimate of drug-likeness (QED) is 0.733. The third-order valence-corrected chi connectivity index (χ3v) is 6.12. The van der Waals surface area contributed by atoms with Crippen molar-refractivity contribution in [3.05, 3.63) is 57.6 Å². The Kier molecular flexibility index (Phi) is 4.54. The van der Waals surface area contributed by atoms with E-state index in [4.69, 9.17) is 0 Å². The number of hydrogen-bond donors (Lipinski definition) is 1. The summed E-state index contributed by atoms with van der Waals surface area (Å²) >= 11 is 0. The van der Waals surface area contributed by atoms with Gasteiger partial charge in [-0.15, -0.1) is 0 Å². The van der Waals surface area contributed by atoms with Crippen LogP contribution in [-0.4, -0.2) is 45.7 Å². The highest BCUT2D eigenvalue weighted by Crippen LogP contribution is 2.28. The zero-order chi connectivity index (χ0) is 19.8. The third kappa shape index (κ3) is 3.28. The molecule has 0 unspecified atom stereocenters. The lowest BCUT2D eigenvalue weighted by Crippen LogP contribution is -2.48. The van der Waals surface area contributed by atoms with Crippen molar-refractivity contribution in [3.8, 4) is 0 Å². The maximum absolute atomic E-state index is 12.9. The Morgan fingerprint density at radius 1 is 0.966 bits per heavy atom. The van der Waals surface area contributed by atoms with E-state index in [1.54, 1.807) is 18.7 Å². The summed E-state index contributed by atoms with van der Waals surface area (Å²) in [6, 6.07) is 6.20. The van der Waals surface area contributed by atoms with E-state index in [9.17, 15) is 9.59 Å². The molecule has 0 amide bonds. The normalized spacial score (nSPS) is 17.9. The molecule has 5 rings (SSSR count). The minimum Gasteiger partial charge on any atom is -0.368 e. The van der Waals surface area contributed by atoms with Gasteiger partial charge in [0.05, 0.1) is 17.2 Å². The molecule has 1 saturated carbocycles. The first-order valence-electron chi connectivity index (χ1n) is 10.3. The molecule has 0 radical (unpaired) electrons. The van der Waals surface area contributed by atoms with Crippen LogP contribution in [0.15, 0.2) is 46.5 Å². The summed E-state index contributed by atoms with van der Waals surface area (Å²) in [6.07, 6.45) is 9.37. The van der Waals surface area contributed by atoms with E-state index in [1.807, 2.05) is 27.7 Å². The zero-order valence-corrected chi connectivity index (χ0v) is 16.3. The first-order chi connectivity index (χ1) is 14.2. The smallest absolute Gasteiger partial charge is 0.290 e. The molecule has 1 aliphatic carbocycles. The molecular formula is C21H24N6O2. The van der Waals surface area contributed by atoms with Gasteiger partial charge in [-0.2, -0.15) is 0 Å². The first kappa shape index (κ1) is 17.9. The molecule has 0 bridgehead atoms. The van der Waals surface area contributed by atoms with Crippen LogP contribution >= 0.6 is 0 Å². The molecule has 8 nitrogen and oxygen atoms in total. The van der Waals surface area contributed by atoms with Gasteiger partial charge >= 0.3 is 0 Å². The minimum atomic E-state index is -0.158. The monoisotopic (exact) mass is 392 g/mol. The maximum atomic E-state index is 12.9. The predicted octanol–water partition coefficient (Wildman–Crippen LogP) is 1.92. The van der Waals surface area contributed by atoms with E-state index in [0.717, 1.165) is 50.2 Å². The predicted molar refractivity (Wildman–Crippen MR) is 113 cm³/mol. The fourth-order valence-electron chi connectivity index (χ4n) is 4.51. The number of piperazine rings is 1. The summed E-state index contributed by atoms with van der Waals surface area (Å²) in [7, 11) is 0. The van der Waals surface area contributed by atoms with E-state index in [2.05, 4.69) is 19.9 Å². The second-order valence-electron chi connectivity index (χ2n) is 7.81. The lowest BCUT2D eigenvalue weighted by Gasteiger charge is -2.36. The highest BCUT2D eigenvalue weighted by Gasteiger charge is 2.22. The van der Waals surface area contributed by atoms with Gasteiger partial charge in [-0.25, -0.2) is 9.97 Å². The van der Waals surface area contributed by atoms with Gasteiger partial charge in [0.1, 0.15) is 0 Å². The fourth-order valence-corrected chi connectivity index (χ4v) is 4.51. The van der Waals surface area contributed by atoms with Crippen molar-refractivity contribution in [2.75, 3.05) is 36.0 Å². The molecule has 1 aliphatic heterocycles. The second-order valence-corrected chi connectivity index (χ2v) is 7.81. The molecule has 29 heavy (non-hydrogen) atoms. The molecule has 3 heterocycles. The number of rotatable bonds is 3. The number of anilines is 2. The summed E-state index contributed by atoms with van der Waals surface area (Å²) < 4.78 is 1.82. The Labute approximate surface area is 167 Å². The summed E-state index contributed by atoms with van der Waals surface area (Å²) in [4.78, 5) is 40.6. The van der Waals surface area contributed by atoms with Crippen molar-refractivity contribution in [1.82, 2.24) is 19.5 Å². The highest BCUT2D eigenvalue weighted by molar-refractivity contribution is 5.81. The van der Waals surface area contributed by atoms with Crippen LogP contribution in [0.3, 0.4) is 0 Å². The molecule has 150 valence electrons. The Hall–Kier alpha value is -3.16. The van der Waals surface area contributed by atoms with Crippen molar-refractivity contribution >= 4 is 22.4 Å². The molecule has 2 fully saturated rings. The number of hydrogen-bond acceptors (Lipinski definition) is 6. The maximum Gasteiger partial charge on any atom is 0.290 e. The van der Waals surface area contributed by atoms with Crippen LogP contribution in [0.1, 0.15) is 31.7 Å². The number of H-pyrrole nitrogens is 1. The molecule has 1 saturated heterocycles. The van der Waals surface area contributed by atoms with Crippen LogP contribution in [0.4, 0.5) is 11.5 Å². The Morgan fingerprint density at radius 2 is 1.72 bits per heavy atom. The Morgan fingerprint density at radius 3 is 2.48 bits per heavy atom. The number of fused-ring (bicyclic) bond motifs is 1. The minimum absolute atomic E-state index is 0.0626. The average molecular weight is 392 g/mol. The Balaban J connectivity index is 1.36. The summed E-state index contributed by atoms with van der Waals surface area (Å²) in [5.41, 5.74) is 1.70. The molecule has 8 heteroatoms. The van der Waals surface area contributed by atoms with Crippen LogP contribution in [-0.2, 0) is 0 Å². The van der Waals surface area contributed by atoms with Gasteiger partial charge in [0, 0.05) is 50.3 Å². The first-order valence-corrected chi connectivity index (χ1v) is 10.3. The van der Waals surface area contributed by atoms with Crippen molar-refractivity contribution < 1.29 is 0 Å². The van der Waals surface area contributed by atoms with Crippen molar-refractivity contribution in [2.24, 2.45) is 0 Å². The van der Waals surface area contributed by atoms with Crippen LogP contribution in [0, 0.1) is 0 Å². The molecule has 3 aromatic rings. The molecule has 2 aliphatic rings. The average Bonchev–Trinajstić information content (AvgIpc) is 3.29. The molecule has 1 N–H and O–H groups in total. The van der Waals surface area contributed by atoms with Gasteiger partial charge in [-0.05, 0) is 31.0 Å². The number of aromatic nitrogens is 4. The number of aromatic amines is 1. The van der Waals surface area contributed by atoms with E-state index in [-0.39, 0.29) is 11.1 Å². The van der Waals surface area contributed by atoms with E-state index >= 15 is 0 Å². The molecule has 1 aromatic carbocycles. The number of nitrogens with one attached hydrogen (secondary N) is 1. The van der Waals surface area contributed by atoms with Crippen molar-refractivity contribution in [2.45, 2.75) is 31.7 Å². The molecular weight excluding hydrogens is 368 g/mol. The largest absolute Gasteiger partial charge is 0.368 e. The van der Waals surface area contributed by atoms with Gasteiger partial charge in [-0.3, -0.25) is 14.2 Å². The summed E-state index contributed by atoms with van der Waals surface area (Å²) in [6.45, 7) is 2.99. The van der Waals surface area contributed by atoms with Gasteiger partial charge in [0.2, 0.25) is 0 Å². The van der Waals surface area contributed by atoms with Crippen molar-refractivity contribution in [1.29, 1.82) is 0 Å². The van der Waals surface area contributed by atoms with Gasteiger partial charge in [0.15, 0.2) is 5.82 Å². The lowest BCUT2D eigenvalue weighted by molar-refractivity contribution is 0.499. The SMILES string of the molecule is O=c1[nH]ccnc1N1CCN(c2ccc3c(=O)n(C4CCCC4)cnc3c2)CC1. The summed E-state index contributed by atoms with van der Waals surface area (Å²) in [5.74, 6) is 0.472. The van der Waals surface area contributed by atoms with Gasteiger partial charge < -0.3 is 14.8 Å². The topological polar surface area (TPSA) is 87.1 Å². The van der Waals surface area contributed by atoms with Crippen LogP contribution in [0.25, 0.3) is 10.9 Å². The second kappa shape index (κ2) is 7.35. The van der Waals surface area contributed by atoms with Crippen LogP contribution in [0.5, 0.6) is 0 Å². The highest BCUT2D eigenvalue weighted by atomic mass is 16.1. The zero-order valence-electron chi connectivity index (χ0n) is 16.3. The molecule has 0 atom stereocenters. The fraction of sp³-hybridized carbons (Fsp3) is 0.429. The van der Waals surface area contributed by atoms with Crippen LogP contribution < -0.4 is 20.9 Å². The molecule has 0 spiro atoms. The van der Waals surface area contributed by atoms with Gasteiger partial charge in [0.25, 0.3) is 11.1 Å². The van der Waals surface area contributed by atoms with Crippen molar-refractivity contribution in [3.63, 3.8) is 0 Å². The number of nitrogens with zero attached hydrogens (tertiary/aromatic N) is 5.